The fourth-order valence-electron chi connectivity index (χ4n) is 2.45. The van der Waals surface area contributed by atoms with Crippen LogP contribution in [0.15, 0.2) is 29.4 Å². The summed E-state index contributed by atoms with van der Waals surface area (Å²) in [5.41, 5.74) is 1.12. The van der Waals surface area contributed by atoms with Gasteiger partial charge in [0.25, 0.3) is 0 Å². The lowest BCUT2D eigenvalue weighted by Gasteiger charge is -2.18. The summed E-state index contributed by atoms with van der Waals surface area (Å²) in [4.78, 5) is 14.2. The number of para-hydroxylation sites is 1. The molecule has 9 heteroatoms. The fourth-order valence-corrected chi connectivity index (χ4v) is 3.15. The van der Waals surface area contributed by atoms with Crippen LogP contribution in [0.25, 0.3) is 0 Å². The second-order valence-electron chi connectivity index (χ2n) is 5.45. The van der Waals surface area contributed by atoms with E-state index in [1.807, 2.05) is 24.3 Å². The molecule has 0 bridgehead atoms. The zero-order chi connectivity index (χ0) is 16.8. The number of carbonyl (C=O) groups is 1. The van der Waals surface area contributed by atoms with Crippen LogP contribution in [0.3, 0.4) is 0 Å². The van der Waals surface area contributed by atoms with E-state index in [1.54, 1.807) is 11.7 Å². The van der Waals surface area contributed by atoms with Crippen LogP contribution in [0.5, 0.6) is 5.75 Å². The number of nitrogens with one attached hydrogen (secondary N) is 1. The summed E-state index contributed by atoms with van der Waals surface area (Å²) in [7, 11) is 1.79. The normalized spacial score (nSPS) is 14.5. The average molecular weight is 348 g/mol. The van der Waals surface area contributed by atoms with Crippen LogP contribution >= 0.6 is 11.8 Å². The molecule has 0 unspecified atom stereocenters. The molecule has 0 fully saturated rings. The number of tetrazole rings is 1. The number of amides is 1. The molecule has 1 aliphatic rings. The lowest BCUT2D eigenvalue weighted by molar-refractivity contribution is -0.122. The van der Waals surface area contributed by atoms with Gasteiger partial charge in [0.2, 0.25) is 11.1 Å². The molecule has 24 heavy (non-hydrogen) atoms. The van der Waals surface area contributed by atoms with Crippen LogP contribution in [0.2, 0.25) is 0 Å². The molecule has 0 saturated carbocycles. The van der Waals surface area contributed by atoms with Gasteiger partial charge in [-0.15, -0.1) is 5.10 Å². The molecular formula is C15H20N6O2S. The van der Waals surface area contributed by atoms with Gasteiger partial charge in [0.15, 0.2) is 0 Å². The molecular weight excluding hydrogens is 328 g/mol. The number of carbonyl (C=O) groups excluding carboxylic acids is 1. The lowest BCUT2D eigenvalue weighted by atomic mass is 10.2. The third-order valence-corrected chi connectivity index (χ3v) is 4.65. The first-order valence-corrected chi connectivity index (χ1v) is 8.76. The smallest absolute Gasteiger partial charge is 0.234 e. The standard InChI is InChI=1S/C15H20N6O2S/c1-20-15(17-18-19-20)24-9-6-16-14(22)11-21-7-8-23-13-5-3-2-4-12(13)10-21/h2-5H,6-11H2,1H3,(H,16,22). The van der Waals surface area contributed by atoms with Gasteiger partial charge < -0.3 is 10.1 Å². The molecule has 0 spiro atoms. The van der Waals surface area contributed by atoms with Gasteiger partial charge in [-0.2, -0.15) is 0 Å². The number of rotatable bonds is 6. The molecule has 1 amide bonds. The maximum Gasteiger partial charge on any atom is 0.234 e. The molecule has 1 N–H and O–H groups in total. The highest BCUT2D eigenvalue weighted by Crippen LogP contribution is 2.22. The lowest BCUT2D eigenvalue weighted by Crippen LogP contribution is -2.38. The molecule has 0 atom stereocenters. The molecule has 0 aliphatic carbocycles. The Morgan fingerprint density at radius 1 is 1.42 bits per heavy atom. The van der Waals surface area contributed by atoms with Crippen molar-refractivity contribution >= 4 is 17.7 Å². The minimum absolute atomic E-state index is 0.0195. The van der Waals surface area contributed by atoms with Gasteiger partial charge in [0, 0.05) is 38.0 Å². The molecule has 2 heterocycles. The first-order valence-electron chi connectivity index (χ1n) is 7.77. The van der Waals surface area contributed by atoms with Crippen molar-refractivity contribution in [3.8, 4) is 5.75 Å². The number of hydrogen-bond donors (Lipinski definition) is 1. The molecule has 1 aromatic carbocycles. The van der Waals surface area contributed by atoms with Gasteiger partial charge in [-0.05, 0) is 16.5 Å². The third-order valence-electron chi connectivity index (χ3n) is 3.64. The summed E-state index contributed by atoms with van der Waals surface area (Å²) in [5, 5.41) is 14.9. The quantitative estimate of drug-likeness (QED) is 0.594. The molecule has 0 saturated heterocycles. The van der Waals surface area contributed by atoms with E-state index in [1.165, 1.54) is 11.8 Å². The van der Waals surface area contributed by atoms with Crippen LogP contribution in [-0.2, 0) is 18.4 Å². The van der Waals surface area contributed by atoms with Crippen molar-refractivity contribution < 1.29 is 9.53 Å². The van der Waals surface area contributed by atoms with Crippen molar-refractivity contribution in [2.24, 2.45) is 7.05 Å². The van der Waals surface area contributed by atoms with E-state index >= 15 is 0 Å². The summed E-state index contributed by atoms with van der Waals surface area (Å²) in [6.45, 7) is 3.01. The molecule has 1 aromatic heterocycles. The van der Waals surface area contributed by atoms with E-state index in [0.717, 1.165) is 35.3 Å². The first kappa shape index (κ1) is 16.7. The fraction of sp³-hybridized carbons (Fsp3) is 0.467. The van der Waals surface area contributed by atoms with Gasteiger partial charge in [0.05, 0.1) is 6.54 Å². The molecule has 2 aromatic rings. The Morgan fingerprint density at radius 2 is 2.29 bits per heavy atom. The monoisotopic (exact) mass is 348 g/mol. The van der Waals surface area contributed by atoms with Gasteiger partial charge in [0.1, 0.15) is 12.4 Å². The summed E-state index contributed by atoms with van der Waals surface area (Å²) in [5.74, 6) is 1.66. The molecule has 1 aliphatic heterocycles. The van der Waals surface area contributed by atoms with Crippen molar-refractivity contribution in [1.29, 1.82) is 0 Å². The third kappa shape index (κ3) is 4.45. The Kier molecular flexibility index (Phi) is 5.65. The van der Waals surface area contributed by atoms with Crippen molar-refractivity contribution in [1.82, 2.24) is 30.4 Å². The van der Waals surface area contributed by atoms with Crippen LogP contribution in [0.4, 0.5) is 0 Å². The van der Waals surface area contributed by atoms with E-state index in [0.29, 0.717) is 19.7 Å². The Bertz CT molecular complexity index is 692. The van der Waals surface area contributed by atoms with Crippen molar-refractivity contribution in [2.45, 2.75) is 11.7 Å². The van der Waals surface area contributed by atoms with Crippen LogP contribution in [0, 0.1) is 0 Å². The number of thioether (sulfide) groups is 1. The topological polar surface area (TPSA) is 85.2 Å². The predicted octanol–water partition coefficient (Wildman–Crippen LogP) is 0.313. The largest absolute Gasteiger partial charge is 0.492 e. The second-order valence-corrected chi connectivity index (χ2v) is 6.51. The van der Waals surface area contributed by atoms with Crippen LogP contribution in [0.1, 0.15) is 5.56 Å². The van der Waals surface area contributed by atoms with Crippen LogP contribution in [-0.4, -0.2) is 63.0 Å². The zero-order valence-corrected chi connectivity index (χ0v) is 14.3. The van der Waals surface area contributed by atoms with Gasteiger partial charge in [-0.25, -0.2) is 4.68 Å². The van der Waals surface area contributed by atoms with Crippen LogP contribution < -0.4 is 10.1 Å². The van der Waals surface area contributed by atoms with Crippen molar-refractivity contribution in [2.75, 3.05) is 32.0 Å². The van der Waals surface area contributed by atoms with Crippen molar-refractivity contribution in [3.63, 3.8) is 0 Å². The van der Waals surface area contributed by atoms with Gasteiger partial charge in [-0.3, -0.25) is 9.69 Å². The number of hydrogen-bond acceptors (Lipinski definition) is 7. The molecule has 3 rings (SSSR count). The zero-order valence-electron chi connectivity index (χ0n) is 13.5. The number of ether oxygens (including phenoxy) is 1. The minimum atomic E-state index is 0.0195. The average Bonchev–Trinajstić information content (AvgIpc) is 2.87. The Hall–Kier alpha value is -2.13. The summed E-state index contributed by atoms with van der Waals surface area (Å²) in [6, 6.07) is 7.96. The van der Waals surface area contributed by atoms with E-state index < -0.39 is 0 Å². The highest BCUT2D eigenvalue weighted by molar-refractivity contribution is 7.99. The number of aryl methyl sites for hydroxylation is 1. The summed E-state index contributed by atoms with van der Waals surface area (Å²) in [6.07, 6.45) is 0. The minimum Gasteiger partial charge on any atom is -0.492 e. The first-order chi connectivity index (χ1) is 11.7. The maximum atomic E-state index is 12.1. The Labute approximate surface area is 144 Å². The van der Waals surface area contributed by atoms with Gasteiger partial charge >= 0.3 is 0 Å². The van der Waals surface area contributed by atoms with E-state index in [9.17, 15) is 4.79 Å². The number of fused-ring (bicyclic) bond motifs is 1. The Balaban J connectivity index is 1.41. The van der Waals surface area contributed by atoms with E-state index in [-0.39, 0.29) is 5.91 Å². The summed E-state index contributed by atoms with van der Waals surface area (Å²) < 4.78 is 7.33. The van der Waals surface area contributed by atoms with E-state index in [2.05, 4.69) is 25.7 Å². The SMILES string of the molecule is Cn1nnnc1SCCNC(=O)CN1CCOc2ccccc2C1. The highest BCUT2D eigenvalue weighted by atomic mass is 32.2. The molecule has 8 nitrogen and oxygen atoms in total. The second kappa shape index (κ2) is 8.11. The predicted molar refractivity (Wildman–Crippen MR) is 89.7 cm³/mol. The molecule has 0 radical (unpaired) electrons. The highest BCUT2D eigenvalue weighted by Gasteiger charge is 2.17. The maximum absolute atomic E-state index is 12.1. The summed E-state index contributed by atoms with van der Waals surface area (Å²) >= 11 is 1.51. The number of benzene rings is 1. The number of nitrogens with zero attached hydrogens (tertiary/aromatic N) is 5. The van der Waals surface area contributed by atoms with Gasteiger partial charge in [-0.1, -0.05) is 30.0 Å². The Morgan fingerprint density at radius 3 is 3.12 bits per heavy atom. The van der Waals surface area contributed by atoms with E-state index in [4.69, 9.17) is 4.74 Å². The van der Waals surface area contributed by atoms with Crippen molar-refractivity contribution in [3.05, 3.63) is 29.8 Å². The number of aromatic nitrogens is 4. The molecule has 128 valence electrons.